The highest BCUT2D eigenvalue weighted by atomic mass is 16.3. The van der Waals surface area contributed by atoms with Gasteiger partial charge in [0.1, 0.15) is 12.0 Å². The first-order chi connectivity index (χ1) is 28.3. The van der Waals surface area contributed by atoms with E-state index in [9.17, 15) is 0 Å². The molecule has 3 aromatic heterocycles. The fourth-order valence-electron chi connectivity index (χ4n) is 9.09. The van der Waals surface area contributed by atoms with Crippen LogP contribution in [0.15, 0.2) is 197 Å². The van der Waals surface area contributed by atoms with E-state index in [-0.39, 0.29) is 6.17 Å². The van der Waals surface area contributed by atoms with Crippen molar-refractivity contribution in [2.24, 2.45) is 4.99 Å². The van der Waals surface area contributed by atoms with E-state index < -0.39 is 6.29 Å². The Labute approximate surface area is 327 Å². The number of nitrogens with zero attached hydrogens (tertiary/aromatic N) is 3. The minimum atomic E-state index is -0.447. The predicted octanol–water partition coefficient (Wildman–Crippen LogP) is 12.3. The number of aliphatic imine (C=N–C) groups is 1. The predicted molar refractivity (Wildman–Crippen MR) is 234 cm³/mol. The van der Waals surface area contributed by atoms with E-state index in [2.05, 4.69) is 202 Å². The molecule has 0 saturated heterocycles. The molecule has 2 atom stereocenters. The number of benzene rings is 8. The van der Waals surface area contributed by atoms with Gasteiger partial charge in [0, 0.05) is 43.4 Å². The van der Waals surface area contributed by atoms with Crippen LogP contribution < -0.4 is 10.6 Å². The van der Waals surface area contributed by atoms with E-state index in [1.165, 1.54) is 10.9 Å². The number of amidine groups is 1. The van der Waals surface area contributed by atoms with Gasteiger partial charge in [0.2, 0.25) is 0 Å². The quantitative estimate of drug-likeness (QED) is 0.185. The van der Waals surface area contributed by atoms with Crippen LogP contribution in [-0.2, 0) is 0 Å². The van der Waals surface area contributed by atoms with E-state index >= 15 is 0 Å². The number of aromatic nitrogens is 2. The molecule has 0 radical (unpaired) electrons. The van der Waals surface area contributed by atoms with Crippen LogP contribution in [0.25, 0.3) is 82.4 Å². The van der Waals surface area contributed by atoms with Gasteiger partial charge in [-0.15, -0.1) is 0 Å². The van der Waals surface area contributed by atoms with Gasteiger partial charge in [-0.25, -0.2) is 4.99 Å². The molecule has 11 aromatic rings. The third-order valence-electron chi connectivity index (χ3n) is 11.6. The van der Waals surface area contributed by atoms with Crippen molar-refractivity contribution >= 4 is 71.4 Å². The first-order valence-electron chi connectivity index (χ1n) is 19.5. The molecule has 0 bridgehead atoms. The van der Waals surface area contributed by atoms with Crippen molar-refractivity contribution in [2.75, 3.05) is 0 Å². The maximum atomic E-state index is 7.37. The third kappa shape index (κ3) is 4.84. The fraction of sp³-hybridized carbons (Fsp3) is 0.0392. The SMILES string of the molecule is c1ccc(C2=NC(n3c4ccccc4c4ccc5c6ccc7c8ccccc8n(-c8ccccc8-c8ccccc8)c7c6oc5c43)NC(c3ccccc3)N2)cc1. The van der Waals surface area contributed by atoms with Crippen LogP contribution >= 0.6 is 0 Å². The Hall–Kier alpha value is -7.41. The van der Waals surface area contributed by atoms with Gasteiger partial charge in [-0.05, 0) is 41.5 Å². The lowest BCUT2D eigenvalue weighted by molar-refractivity contribution is 0.341. The summed E-state index contributed by atoms with van der Waals surface area (Å²) >= 11 is 0. The average Bonchev–Trinajstić information content (AvgIpc) is 3.95. The summed E-state index contributed by atoms with van der Waals surface area (Å²) in [6.07, 6.45) is -0.632. The number of nitrogens with one attached hydrogen (secondary N) is 2. The van der Waals surface area contributed by atoms with E-state index in [1.807, 2.05) is 6.07 Å². The van der Waals surface area contributed by atoms with Gasteiger partial charge in [0.15, 0.2) is 17.5 Å². The molecule has 0 spiro atoms. The van der Waals surface area contributed by atoms with Crippen LogP contribution in [0.4, 0.5) is 0 Å². The Bertz CT molecular complexity index is 3360. The summed E-state index contributed by atoms with van der Waals surface area (Å²) in [4.78, 5) is 5.41. The Morgan fingerprint density at radius 3 is 1.74 bits per heavy atom. The summed E-state index contributed by atoms with van der Waals surface area (Å²) < 4.78 is 12.1. The van der Waals surface area contributed by atoms with Crippen LogP contribution in [0, 0.1) is 0 Å². The standard InChI is InChI=1S/C51H35N5O/c1-4-16-32(17-5-1)35-22-10-13-25-42(35)55-43-26-14-11-23-36(43)38-28-30-40-41-31-29-39-37-24-12-15-27-44(37)56(46(39)48(41)57-47(40)45(38)55)51-53-49(33-18-6-2-7-19-33)52-50(54-51)34-20-8-3-9-21-34/h1-31,49,51,53H,(H,52,54). The lowest BCUT2D eigenvalue weighted by atomic mass is 10.0. The molecule has 1 aliphatic rings. The van der Waals surface area contributed by atoms with Gasteiger partial charge in [-0.2, -0.15) is 0 Å². The highest BCUT2D eigenvalue weighted by molar-refractivity contribution is 6.26. The van der Waals surface area contributed by atoms with Crippen molar-refractivity contribution in [2.45, 2.75) is 12.5 Å². The topological polar surface area (TPSA) is 59.4 Å². The second kappa shape index (κ2) is 12.6. The molecule has 4 heterocycles. The van der Waals surface area contributed by atoms with E-state index in [4.69, 9.17) is 9.41 Å². The number of hydrogen-bond donors (Lipinski definition) is 2. The van der Waals surface area contributed by atoms with Gasteiger partial charge in [-0.1, -0.05) is 158 Å². The van der Waals surface area contributed by atoms with Crippen molar-refractivity contribution < 1.29 is 4.42 Å². The smallest absolute Gasteiger partial charge is 0.184 e. The molecule has 1 aliphatic heterocycles. The molecule has 0 fully saturated rings. The van der Waals surface area contributed by atoms with Crippen LogP contribution in [0.3, 0.4) is 0 Å². The summed E-state index contributed by atoms with van der Waals surface area (Å²) in [5.74, 6) is 0.833. The largest absolute Gasteiger partial charge is 0.452 e. The number of rotatable bonds is 5. The summed E-state index contributed by atoms with van der Waals surface area (Å²) in [5, 5.41) is 14.3. The van der Waals surface area contributed by atoms with Crippen LogP contribution in [0.5, 0.6) is 0 Å². The second-order valence-corrected chi connectivity index (χ2v) is 14.8. The molecule has 6 heteroatoms. The Balaban J connectivity index is 1.17. The highest BCUT2D eigenvalue weighted by Gasteiger charge is 2.30. The van der Waals surface area contributed by atoms with Gasteiger partial charge in [-0.3, -0.25) is 5.32 Å². The van der Waals surface area contributed by atoms with Crippen LogP contribution in [0.1, 0.15) is 23.6 Å². The van der Waals surface area contributed by atoms with E-state index in [0.717, 1.165) is 88.4 Å². The molecule has 6 nitrogen and oxygen atoms in total. The van der Waals surface area contributed by atoms with Crippen LogP contribution in [0.2, 0.25) is 0 Å². The number of hydrogen-bond acceptors (Lipinski definition) is 4. The zero-order chi connectivity index (χ0) is 37.5. The first kappa shape index (κ1) is 31.9. The van der Waals surface area contributed by atoms with Crippen LogP contribution in [-0.4, -0.2) is 15.0 Å². The van der Waals surface area contributed by atoms with Crippen molar-refractivity contribution in [3.05, 3.63) is 199 Å². The number of fused-ring (bicyclic) bond motifs is 11. The molecule has 12 rings (SSSR count). The molecular formula is C51H35N5O. The summed E-state index contributed by atoms with van der Waals surface area (Å²) in [6, 6.07) is 66.5. The van der Waals surface area contributed by atoms with E-state index in [1.54, 1.807) is 0 Å². The summed E-state index contributed by atoms with van der Waals surface area (Å²) in [5.41, 5.74) is 11.6. The molecule has 0 aliphatic carbocycles. The van der Waals surface area contributed by atoms with Gasteiger partial charge in [0.05, 0.1) is 27.8 Å². The zero-order valence-electron chi connectivity index (χ0n) is 30.8. The minimum absolute atomic E-state index is 0.185. The molecule has 57 heavy (non-hydrogen) atoms. The Morgan fingerprint density at radius 1 is 0.456 bits per heavy atom. The van der Waals surface area contributed by atoms with Crippen molar-refractivity contribution in [3.8, 4) is 16.8 Å². The van der Waals surface area contributed by atoms with Crippen molar-refractivity contribution in [1.82, 2.24) is 19.8 Å². The lowest BCUT2D eigenvalue weighted by Crippen LogP contribution is -2.46. The minimum Gasteiger partial charge on any atom is -0.452 e. The molecule has 8 aromatic carbocycles. The number of furan rings is 1. The second-order valence-electron chi connectivity index (χ2n) is 14.8. The lowest BCUT2D eigenvalue weighted by Gasteiger charge is -2.33. The summed E-state index contributed by atoms with van der Waals surface area (Å²) in [7, 11) is 0. The molecule has 0 saturated carbocycles. The maximum Gasteiger partial charge on any atom is 0.184 e. The zero-order valence-corrected chi connectivity index (χ0v) is 30.8. The molecule has 2 unspecified atom stereocenters. The van der Waals surface area contributed by atoms with Crippen molar-refractivity contribution in [1.29, 1.82) is 0 Å². The summed E-state index contributed by atoms with van der Waals surface area (Å²) in [6.45, 7) is 0. The monoisotopic (exact) mass is 733 g/mol. The Morgan fingerprint density at radius 2 is 1.00 bits per heavy atom. The van der Waals surface area contributed by atoms with Gasteiger partial charge in [0.25, 0.3) is 0 Å². The normalized spacial score (nSPS) is 15.9. The maximum absolute atomic E-state index is 7.37. The van der Waals surface area contributed by atoms with Gasteiger partial charge >= 0.3 is 0 Å². The van der Waals surface area contributed by atoms with Crippen molar-refractivity contribution in [3.63, 3.8) is 0 Å². The average molecular weight is 734 g/mol. The van der Waals surface area contributed by atoms with Gasteiger partial charge < -0.3 is 18.9 Å². The molecular weight excluding hydrogens is 699 g/mol. The third-order valence-corrected chi connectivity index (χ3v) is 11.6. The molecule has 0 amide bonds. The molecule has 2 N–H and O–H groups in total. The number of para-hydroxylation sites is 3. The van der Waals surface area contributed by atoms with E-state index in [0.29, 0.717) is 0 Å². The fourth-order valence-corrected chi connectivity index (χ4v) is 9.09. The highest BCUT2D eigenvalue weighted by Crippen LogP contribution is 2.45. The first-order valence-corrected chi connectivity index (χ1v) is 19.5. The molecule has 270 valence electrons. The Kier molecular flexibility index (Phi) is 7.03.